The third-order valence-electron chi connectivity index (χ3n) is 7.32. The Kier molecular flexibility index (Phi) is 6.51. The summed E-state index contributed by atoms with van der Waals surface area (Å²) in [6.45, 7) is 0.223. The first-order valence-corrected chi connectivity index (χ1v) is 16.7. The summed E-state index contributed by atoms with van der Waals surface area (Å²) < 4.78 is 99.3. The lowest BCUT2D eigenvalue weighted by Crippen LogP contribution is -2.48. The Balaban J connectivity index is 1.63. The first-order chi connectivity index (χ1) is 17.3. The van der Waals surface area contributed by atoms with E-state index in [1.807, 2.05) is 0 Å². The van der Waals surface area contributed by atoms with E-state index in [0.717, 1.165) is 18.4 Å². The van der Waals surface area contributed by atoms with Crippen molar-refractivity contribution in [1.29, 1.82) is 0 Å². The molecular formula is C24H28FN3O6S3. The van der Waals surface area contributed by atoms with Crippen LogP contribution in [0.5, 0.6) is 0 Å². The predicted octanol–water partition coefficient (Wildman–Crippen LogP) is 2.63. The zero-order valence-corrected chi connectivity index (χ0v) is 22.8. The monoisotopic (exact) mass is 569 g/mol. The molecule has 0 aliphatic carbocycles. The molecular weight excluding hydrogens is 541 g/mol. The summed E-state index contributed by atoms with van der Waals surface area (Å²) in [4.78, 5) is -1.02. The van der Waals surface area contributed by atoms with Crippen LogP contribution in [-0.2, 0) is 36.9 Å². The minimum atomic E-state index is -4.56. The zero-order valence-electron chi connectivity index (χ0n) is 20.3. The van der Waals surface area contributed by atoms with Crippen LogP contribution >= 0.6 is 0 Å². The van der Waals surface area contributed by atoms with E-state index in [-0.39, 0.29) is 22.9 Å². The van der Waals surface area contributed by atoms with Crippen molar-refractivity contribution in [3.05, 3.63) is 54.3 Å². The SMILES string of the molecule is Cn1c(S(=O)(=O)N2C3CCC2CC(CNS(C)(=O)=O)C3)c(S(=O)(=O)c2ccccc2F)c2ccccc21. The summed E-state index contributed by atoms with van der Waals surface area (Å²) in [6, 6.07) is 10.6. The van der Waals surface area contributed by atoms with E-state index in [1.165, 1.54) is 34.1 Å². The number of benzene rings is 2. The maximum absolute atomic E-state index is 14.7. The molecule has 2 atom stereocenters. The van der Waals surface area contributed by atoms with E-state index in [0.29, 0.717) is 31.2 Å². The number of nitrogens with zero attached hydrogens (tertiary/aromatic N) is 2. The van der Waals surface area contributed by atoms with Gasteiger partial charge in [0.05, 0.1) is 11.8 Å². The Hall–Kier alpha value is -2.32. The smallest absolute Gasteiger partial charge is 0.260 e. The number of aryl methyl sites for hydroxylation is 1. The molecule has 0 amide bonds. The van der Waals surface area contributed by atoms with Gasteiger partial charge in [0, 0.05) is 31.1 Å². The quantitative estimate of drug-likeness (QED) is 0.467. The van der Waals surface area contributed by atoms with Gasteiger partial charge in [0.15, 0.2) is 5.03 Å². The Morgan fingerprint density at radius 1 is 0.919 bits per heavy atom. The Morgan fingerprint density at radius 2 is 1.51 bits per heavy atom. The average molecular weight is 570 g/mol. The Labute approximate surface area is 216 Å². The molecule has 1 aromatic heterocycles. The molecule has 2 unspecified atom stereocenters. The van der Waals surface area contributed by atoms with Crippen molar-refractivity contribution in [2.24, 2.45) is 13.0 Å². The number of nitrogens with one attached hydrogen (secondary N) is 1. The Morgan fingerprint density at radius 3 is 2.14 bits per heavy atom. The normalized spacial score (nSPS) is 23.1. The van der Waals surface area contributed by atoms with Crippen LogP contribution in [0.4, 0.5) is 4.39 Å². The maximum atomic E-state index is 14.7. The molecule has 2 bridgehead atoms. The highest BCUT2D eigenvalue weighted by Gasteiger charge is 2.50. The lowest BCUT2D eigenvalue weighted by molar-refractivity contribution is 0.191. The van der Waals surface area contributed by atoms with Crippen LogP contribution in [0.15, 0.2) is 63.3 Å². The fourth-order valence-electron chi connectivity index (χ4n) is 5.83. The number of halogens is 1. The Bertz CT molecular complexity index is 1690. The van der Waals surface area contributed by atoms with Gasteiger partial charge in [-0.05, 0) is 49.8 Å². The van der Waals surface area contributed by atoms with Crippen molar-refractivity contribution in [3.63, 3.8) is 0 Å². The largest absolute Gasteiger partial charge is 0.332 e. The molecule has 0 radical (unpaired) electrons. The lowest BCUT2D eigenvalue weighted by Gasteiger charge is -2.38. The minimum Gasteiger partial charge on any atom is -0.332 e. The molecule has 13 heteroatoms. The molecule has 200 valence electrons. The van der Waals surface area contributed by atoms with Gasteiger partial charge in [-0.1, -0.05) is 30.3 Å². The first kappa shape index (κ1) is 26.3. The van der Waals surface area contributed by atoms with Crippen molar-refractivity contribution < 1.29 is 29.6 Å². The summed E-state index contributed by atoms with van der Waals surface area (Å²) in [6.07, 6.45) is 3.19. The van der Waals surface area contributed by atoms with Gasteiger partial charge < -0.3 is 4.57 Å². The van der Waals surface area contributed by atoms with Gasteiger partial charge in [0.1, 0.15) is 15.6 Å². The summed E-state index contributed by atoms with van der Waals surface area (Å²) in [5, 5.41) is -0.187. The van der Waals surface area contributed by atoms with Crippen molar-refractivity contribution in [3.8, 4) is 0 Å². The van der Waals surface area contributed by atoms with Crippen LogP contribution in [0.25, 0.3) is 10.9 Å². The molecule has 5 rings (SSSR count). The number of rotatable bonds is 7. The molecule has 0 saturated carbocycles. The van der Waals surface area contributed by atoms with E-state index in [1.54, 1.807) is 18.2 Å². The van der Waals surface area contributed by atoms with Crippen LogP contribution in [0.3, 0.4) is 0 Å². The van der Waals surface area contributed by atoms with E-state index >= 15 is 0 Å². The lowest BCUT2D eigenvalue weighted by atomic mass is 9.93. The first-order valence-electron chi connectivity index (χ1n) is 11.9. The molecule has 0 spiro atoms. The van der Waals surface area contributed by atoms with E-state index in [2.05, 4.69) is 4.72 Å². The number of aromatic nitrogens is 1. The fourth-order valence-corrected chi connectivity index (χ4v) is 10.8. The van der Waals surface area contributed by atoms with E-state index in [4.69, 9.17) is 0 Å². The molecule has 2 aliphatic heterocycles. The number of sulfonamides is 2. The topological polar surface area (TPSA) is 123 Å². The van der Waals surface area contributed by atoms with E-state index in [9.17, 15) is 29.6 Å². The molecule has 2 aromatic carbocycles. The second-order valence-corrected chi connectivity index (χ2v) is 15.3. The van der Waals surface area contributed by atoms with Gasteiger partial charge >= 0.3 is 0 Å². The molecule has 3 heterocycles. The number of hydrogen-bond acceptors (Lipinski definition) is 6. The molecule has 2 saturated heterocycles. The van der Waals surface area contributed by atoms with Crippen molar-refractivity contribution in [1.82, 2.24) is 13.6 Å². The molecule has 1 N–H and O–H groups in total. The summed E-state index contributed by atoms with van der Waals surface area (Å²) >= 11 is 0. The number of piperidine rings is 1. The fraction of sp³-hybridized carbons (Fsp3) is 0.417. The summed E-state index contributed by atoms with van der Waals surface area (Å²) in [5.41, 5.74) is 0.399. The highest BCUT2D eigenvalue weighted by Crippen LogP contribution is 2.45. The second-order valence-electron chi connectivity index (χ2n) is 9.82. The van der Waals surface area contributed by atoms with Gasteiger partial charge in [-0.3, -0.25) is 0 Å². The zero-order chi connectivity index (χ0) is 26.8. The predicted molar refractivity (Wildman–Crippen MR) is 136 cm³/mol. The van der Waals surface area contributed by atoms with Crippen LogP contribution in [0.1, 0.15) is 25.7 Å². The van der Waals surface area contributed by atoms with Crippen molar-refractivity contribution >= 4 is 40.8 Å². The maximum Gasteiger partial charge on any atom is 0.260 e. The molecule has 9 nitrogen and oxygen atoms in total. The summed E-state index contributed by atoms with van der Waals surface area (Å²) in [5.74, 6) is -0.995. The third-order valence-corrected chi connectivity index (χ3v) is 12.1. The number of para-hydroxylation sites is 1. The van der Waals surface area contributed by atoms with Gasteiger partial charge in [0.2, 0.25) is 19.9 Å². The highest BCUT2D eigenvalue weighted by atomic mass is 32.2. The van der Waals surface area contributed by atoms with Crippen LogP contribution in [0, 0.1) is 11.7 Å². The standard InChI is InChI=1S/C24H28FN3O6S3/c1-27-21-9-5-3-7-19(21)23(36(31,32)22-10-6-4-8-20(22)25)24(27)37(33,34)28-17-11-12-18(28)14-16(13-17)15-26-35(2,29)30/h3-10,16-18,26H,11-15H2,1-2H3. The molecule has 2 fully saturated rings. The number of hydrogen-bond donors (Lipinski definition) is 1. The molecule has 2 aliphatic rings. The third kappa shape index (κ3) is 4.50. The van der Waals surface area contributed by atoms with Gasteiger partial charge in [-0.2, -0.15) is 4.31 Å². The number of sulfone groups is 1. The molecule has 3 aromatic rings. The molecule has 37 heavy (non-hydrogen) atoms. The average Bonchev–Trinajstić information content (AvgIpc) is 3.30. The van der Waals surface area contributed by atoms with Gasteiger partial charge in [-0.25, -0.2) is 34.4 Å². The van der Waals surface area contributed by atoms with Crippen LogP contribution in [0.2, 0.25) is 0 Å². The second kappa shape index (κ2) is 9.16. The van der Waals surface area contributed by atoms with E-state index < -0.39 is 57.6 Å². The van der Waals surface area contributed by atoms with Crippen molar-refractivity contribution in [2.75, 3.05) is 12.8 Å². The highest BCUT2D eigenvalue weighted by molar-refractivity contribution is 7.93. The van der Waals surface area contributed by atoms with Gasteiger partial charge in [-0.15, -0.1) is 0 Å². The van der Waals surface area contributed by atoms with Crippen LogP contribution in [-0.4, -0.2) is 59.0 Å². The van der Waals surface area contributed by atoms with Crippen molar-refractivity contribution in [2.45, 2.75) is 52.6 Å². The van der Waals surface area contributed by atoms with Gasteiger partial charge in [0.25, 0.3) is 10.0 Å². The minimum absolute atomic E-state index is 0.0345. The van der Waals surface area contributed by atoms with Crippen LogP contribution < -0.4 is 4.72 Å². The number of fused-ring (bicyclic) bond motifs is 3. The summed E-state index contributed by atoms with van der Waals surface area (Å²) in [7, 11) is -10.8.